The van der Waals surface area contributed by atoms with Crippen molar-refractivity contribution in [3.05, 3.63) is 89.3 Å². The van der Waals surface area contributed by atoms with Crippen LogP contribution in [-0.2, 0) is 4.79 Å². The summed E-state index contributed by atoms with van der Waals surface area (Å²) in [5, 5.41) is 14.3. The van der Waals surface area contributed by atoms with Gasteiger partial charge in [-0.1, -0.05) is 60.7 Å². The number of rotatable bonds is 4. The number of fused-ring (bicyclic) bond motifs is 3. The maximum Gasteiger partial charge on any atom is 0.342 e. The maximum absolute atomic E-state index is 12.0. The van der Waals surface area contributed by atoms with E-state index < -0.39 is 5.97 Å². The first-order chi connectivity index (χ1) is 14.2. The zero-order chi connectivity index (χ0) is 19.8. The molecule has 5 heteroatoms. The number of carboxylic acids is 1. The number of carboxylic acid groups (broad SMARTS) is 1. The number of hydrogen-bond donors (Lipinski definition) is 1. The van der Waals surface area contributed by atoms with Crippen molar-refractivity contribution >= 4 is 56.5 Å². The van der Waals surface area contributed by atoms with Crippen molar-refractivity contribution in [1.82, 2.24) is 4.98 Å². The third kappa shape index (κ3) is 3.26. The first-order valence-corrected chi connectivity index (χ1v) is 9.89. The molecule has 0 spiro atoms. The normalized spacial score (nSPS) is 12.1. The summed E-state index contributed by atoms with van der Waals surface area (Å²) in [4.78, 5) is 16.6. The van der Waals surface area contributed by atoms with E-state index in [1.807, 2.05) is 72.8 Å². The van der Waals surface area contributed by atoms with Gasteiger partial charge in [-0.15, -0.1) is 0 Å². The number of thioether (sulfide) groups is 1. The number of para-hydroxylation sites is 2. The Balaban J connectivity index is 1.69. The van der Waals surface area contributed by atoms with Gasteiger partial charge in [-0.3, -0.25) is 0 Å². The van der Waals surface area contributed by atoms with Crippen LogP contribution >= 0.6 is 11.8 Å². The summed E-state index contributed by atoms with van der Waals surface area (Å²) < 4.78 is 5.71. The van der Waals surface area contributed by atoms with Crippen LogP contribution in [0.1, 0.15) is 5.56 Å². The molecular formula is C24H15NO3S. The first kappa shape index (κ1) is 17.5. The third-order valence-electron chi connectivity index (χ3n) is 4.77. The number of oxazole rings is 1. The Morgan fingerprint density at radius 2 is 1.52 bits per heavy atom. The van der Waals surface area contributed by atoms with E-state index in [9.17, 15) is 9.90 Å². The summed E-state index contributed by atoms with van der Waals surface area (Å²) in [6.07, 6.45) is 1.71. The van der Waals surface area contributed by atoms with Gasteiger partial charge in [0.15, 0.2) is 5.58 Å². The third-order valence-corrected chi connectivity index (χ3v) is 5.63. The van der Waals surface area contributed by atoms with E-state index in [2.05, 4.69) is 11.1 Å². The monoisotopic (exact) mass is 397 g/mol. The maximum atomic E-state index is 12.0. The van der Waals surface area contributed by atoms with Crippen molar-refractivity contribution in [2.24, 2.45) is 0 Å². The number of aliphatic carboxylic acids is 1. The Morgan fingerprint density at radius 3 is 2.17 bits per heavy atom. The van der Waals surface area contributed by atoms with E-state index in [4.69, 9.17) is 4.42 Å². The highest BCUT2D eigenvalue weighted by Gasteiger charge is 2.16. The van der Waals surface area contributed by atoms with Crippen LogP contribution in [0.3, 0.4) is 0 Å². The molecule has 0 saturated carbocycles. The van der Waals surface area contributed by atoms with Gasteiger partial charge in [-0.2, -0.15) is 0 Å². The minimum Gasteiger partial charge on any atom is -0.477 e. The fourth-order valence-corrected chi connectivity index (χ4v) is 4.19. The Hall–Kier alpha value is -3.57. The molecule has 4 nitrogen and oxygen atoms in total. The smallest absolute Gasteiger partial charge is 0.342 e. The van der Waals surface area contributed by atoms with Crippen molar-refractivity contribution in [3.8, 4) is 0 Å². The lowest BCUT2D eigenvalue weighted by molar-refractivity contribution is -0.131. The van der Waals surface area contributed by atoms with Crippen LogP contribution in [0.25, 0.3) is 38.7 Å². The summed E-state index contributed by atoms with van der Waals surface area (Å²) >= 11 is 1.02. The number of carbonyl (C=O) groups is 1. The SMILES string of the molecule is O=C(O)/C(=C/c1c2ccccc2cc2ccccc12)Sc1nc2ccccc2o1. The minimum absolute atomic E-state index is 0.151. The molecule has 5 aromatic rings. The standard InChI is InChI=1S/C24H15NO3S/c26-23(27)22(29-24-25-20-11-5-6-12-21(20)28-24)14-19-17-9-3-1-7-15(17)13-16-8-2-4-10-18(16)19/h1-14H,(H,26,27)/b22-14-. The van der Waals surface area contributed by atoms with E-state index in [0.717, 1.165) is 38.9 Å². The fraction of sp³-hybridized carbons (Fsp3) is 0. The van der Waals surface area contributed by atoms with Crippen molar-refractivity contribution in [1.29, 1.82) is 0 Å². The summed E-state index contributed by atoms with van der Waals surface area (Å²) in [5.41, 5.74) is 2.21. The van der Waals surface area contributed by atoms with Gasteiger partial charge in [0, 0.05) is 0 Å². The van der Waals surface area contributed by atoms with Crippen LogP contribution in [-0.4, -0.2) is 16.1 Å². The van der Waals surface area contributed by atoms with Crippen molar-refractivity contribution in [2.45, 2.75) is 5.22 Å². The number of benzene rings is 4. The highest BCUT2D eigenvalue weighted by atomic mass is 32.2. The Bertz CT molecular complexity index is 1330. The summed E-state index contributed by atoms with van der Waals surface area (Å²) in [7, 11) is 0. The van der Waals surface area contributed by atoms with Crippen molar-refractivity contribution < 1.29 is 14.3 Å². The number of hydrogen-bond acceptors (Lipinski definition) is 4. The van der Waals surface area contributed by atoms with E-state index in [0.29, 0.717) is 16.3 Å². The zero-order valence-corrected chi connectivity index (χ0v) is 16.0. The Labute approximate surface area is 170 Å². The van der Waals surface area contributed by atoms with E-state index in [1.165, 1.54) is 0 Å². The molecule has 0 atom stereocenters. The molecule has 1 aromatic heterocycles. The van der Waals surface area contributed by atoms with Gasteiger partial charge in [0.05, 0.1) is 0 Å². The molecule has 0 radical (unpaired) electrons. The topological polar surface area (TPSA) is 63.3 Å². The molecule has 0 unspecified atom stereocenters. The molecule has 0 amide bonds. The Morgan fingerprint density at radius 1 is 0.897 bits per heavy atom. The fourth-order valence-electron chi connectivity index (χ4n) is 3.46. The summed E-state index contributed by atoms with van der Waals surface area (Å²) in [6, 6.07) is 25.5. The van der Waals surface area contributed by atoms with Gasteiger partial charge in [-0.25, -0.2) is 9.78 Å². The second kappa shape index (κ2) is 7.11. The van der Waals surface area contributed by atoms with Gasteiger partial charge >= 0.3 is 5.97 Å². The number of aromatic nitrogens is 1. The van der Waals surface area contributed by atoms with E-state index in [1.54, 1.807) is 6.08 Å². The quantitative estimate of drug-likeness (QED) is 0.217. The lowest BCUT2D eigenvalue weighted by Gasteiger charge is -2.09. The zero-order valence-electron chi connectivity index (χ0n) is 15.2. The molecule has 0 bridgehead atoms. The van der Waals surface area contributed by atoms with Crippen LogP contribution in [0.5, 0.6) is 0 Å². The molecular weight excluding hydrogens is 382 g/mol. The molecule has 0 aliphatic carbocycles. The molecule has 0 saturated heterocycles. The summed E-state index contributed by atoms with van der Waals surface area (Å²) in [5.74, 6) is -1.02. The van der Waals surface area contributed by atoms with Gasteiger partial charge < -0.3 is 9.52 Å². The van der Waals surface area contributed by atoms with Crippen LogP contribution in [0.4, 0.5) is 0 Å². The molecule has 1 heterocycles. The highest BCUT2D eigenvalue weighted by Crippen LogP contribution is 2.35. The van der Waals surface area contributed by atoms with Crippen molar-refractivity contribution in [2.75, 3.05) is 0 Å². The molecule has 5 rings (SSSR count). The largest absolute Gasteiger partial charge is 0.477 e. The van der Waals surface area contributed by atoms with E-state index in [-0.39, 0.29) is 4.91 Å². The lowest BCUT2D eigenvalue weighted by atomic mass is 9.96. The molecule has 0 fully saturated rings. The molecule has 0 aliphatic heterocycles. The first-order valence-electron chi connectivity index (χ1n) is 9.08. The predicted octanol–water partition coefficient (Wildman–Crippen LogP) is 6.35. The lowest BCUT2D eigenvalue weighted by Crippen LogP contribution is -1.97. The molecule has 1 N–H and O–H groups in total. The van der Waals surface area contributed by atoms with Gasteiger partial charge in [0.25, 0.3) is 5.22 Å². The molecule has 4 aromatic carbocycles. The molecule has 29 heavy (non-hydrogen) atoms. The van der Waals surface area contributed by atoms with E-state index >= 15 is 0 Å². The molecule has 0 aliphatic rings. The van der Waals surface area contributed by atoms with Gasteiger partial charge in [0.2, 0.25) is 0 Å². The second-order valence-corrected chi connectivity index (χ2v) is 7.59. The average molecular weight is 397 g/mol. The van der Waals surface area contributed by atoms with Crippen LogP contribution < -0.4 is 0 Å². The number of nitrogens with zero attached hydrogens (tertiary/aromatic N) is 1. The van der Waals surface area contributed by atoms with Gasteiger partial charge in [-0.05, 0) is 63.1 Å². The minimum atomic E-state index is -1.02. The highest BCUT2D eigenvalue weighted by molar-refractivity contribution is 8.03. The Kier molecular flexibility index (Phi) is 4.30. The predicted molar refractivity (Wildman–Crippen MR) is 117 cm³/mol. The van der Waals surface area contributed by atoms with Crippen LogP contribution in [0.15, 0.2) is 93.4 Å². The molecule has 140 valence electrons. The van der Waals surface area contributed by atoms with Crippen LogP contribution in [0, 0.1) is 0 Å². The van der Waals surface area contributed by atoms with Crippen LogP contribution in [0.2, 0.25) is 0 Å². The average Bonchev–Trinajstić information content (AvgIpc) is 3.15. The van der Waals surface area contributed by atoms with Crippen molar-refractivity contribution in [3.63, 3.8) is 0 Å². The summed E-state index contributed by atoms with van der Waals surface area (Å²) in [6.45, 7) is 0. The van der Waals surface area contributed by atoms with Gasteiger partial charge in [0.1, 0.15) is 10.4 Å². The second-order valence-electron chi connectivity index (χ2n) is 6.60.